The zero-order valence-corrected chi connectivity index (χ0v) is 11.6. The van der Waals surface area contributed by atoms with Crippen molar-refractivity contribution in [3.63, 3.8) is 0 Å². The Bertz CT molecular complexity index is 427. The van der Waals surface area contributed by atoms with Crippen LogP contribution in [0.2, 0.25) is 0 Å². The highest BCUT2D eigenvalue weighted by Gasteiger charge is 2.23. The first kappa shape index (κ1) is 13.8. The zero-order chi connectivity index (χ0) is 13.1. The van der Waals surface area contributed by atoms with Crippen LogP contribution in [0.25, 0.3) is 0 Å². The lowest BCUT2D eigenvalue weighted by atomic mass is 10.3. The molecule has 1 aliphatic rings. The summed E-state index contributed by atoms with van der Waals surface area (Å²) in [4.78, 5) is 11.2. The molecule has 0 spiro atoms. The molecule has 7 heteroatoms. The number of ether oxygens (including phenoxy) is 1. The lowest BCUT2D eigenvalue weighted by Crippen LogP contribution is -2.07. The number of aliphatic hydroxyl groups excluding tert-OH is 1. The molecule has 100 valence electrons. The van der Waals surface area contributed by atoms with Gasteiger partial charge in [0.15, 0.2) is 0 Å². The smallest absolute Gasteiger partial charge is 0.294 e. The van der Waals surface area contributed by atoms with E-state index < -0.39 is 6.10 Å². The van der Waals surface area contributed by atoms with E-state index in [4.69, 9.17) is 4.74 Å². The van der Waals surface area contributed by atoms with Gasteiger partial charge in [-0.25, -0.2) is 0 Å². The summed E-state index contributed by atoms with van der Waals surface area (Å²) >= 11 is 2.75. The highest BCUT2D eigenvalue weighted by atomic mass is 32.2. The van der Waals surface area contributed by atoms with Gasteiger partial charge in [0.1, 0.15) is 4.21 Å². The quantitative estimate of drug-likeness (QED) is 0.512. The number of nitro groups is 1. The summed E-state index contributed by atoms with van der Waals surface area (Å²) in [6, 6.07) is 1.47. The van der Waals surface area contributed by atoms with Gasteiger partial charge in [-0.05, 0) is 19.8 Å². The first-order valence-electron chi connectivity index (χ1n) is 5.78. The van der Waals surface area contributed by atoms with Crippen LogP contribution in [0, 0.1) is 10.1 Å². The Labute approximate surface area is 113 Å². The minimum absolute atomic E-state index is 0.0962. The molecule has 1 aromatic rings. The SMILES string of the molecule is C[C@@H](O)c1cc([N+](=O)[O-])c(SCC2CCCO2)s1. The maximum Gasteiger partial charge on any atom is 0.294 e. The monoisotopic (exact) mass is 289 g/mol. The highest BCUT2D eigenvalue weighted by Crippen LogP contribution is 2.40. The fourth-order valence-electron chi connectivity index (χ4n) is 1.76. The largest absolute Gasteiger partial charge is 0.388 e. The lowest BCUT2D eigenvalue weighted by Gasteiger charge is -2.06. The molecule has 18 heavy (non-hydrogen) atoms. The van der Waals surface area contributed by atoms with Gasteiger partial charge in [0.25, 0.3) is 5.69 Å². The van der Waals surface area contributed by atoms with Crippen LogP contribution in [-0.2, 0) is 4.74 Å². The van der Waals surface area contributed by atoms with E-state index in [1.54, 1.807) is 6.92 Å². The number of hydrogen-bond acceptors (Lipinski definition) is 6. The molecule has 2 heterocycles. The van der Waals surface area contributed by atoms with Crippen LogP contribution in [0.4, 0.5) is 5.69 Å². The van der Waals surface area contributed by atoms with Crippen molar-refractivity contribution >= 4 is 28.8 Å². The molecular formula is C11H15NO4S2. The van der Waals surface area contributed by atoms with Crippen molar-refractivity contribution in [2.24, 2.45) is 0 Å². The molecular weight excluding hydrogens is 274 g/mol. The maximum absolute atomic E-state index is 10.9. The minimum Gasteiger partial charge on any atom is -0.388 e. The Balaban J connectivity index is 2.07. The van der Waals surface area contributed by atoms with E-state index in [1.807, 2.05) is 0 Å². The van der Waals surface area contributed by atoms with E-state index in [9.17, 15) is 15.2 Å². The Kier molecular flexibility index (Phi) is 4.60. The summed E-state index contributed by atoms with van der Waals surface area (Å²) in [5.74, 6) is 0.737. The van der Waals surface area contributed by atoms with Gasteiger partial charge >= 0.3 is 0 Å². The van der Waals surface area contributed by atoms with Gasteiger partial charge in [0, 0.05) is 23.3 Å². The molecule has 0 saturated carbocycles. The number of rotatable bonds is 5. The maximum atomic E-state index is 10.9. The first-order valence-corrected chi connectivity index (χ1v) is 7.58. The lowest BCUT2D eigenvalue weighted by molar-refractivity contribution is -0.387. The van der Waals surface area contributed by atoms with Crippen molar-refractivity contribution < 1.29 is 14.8 Å². The second kappa shape index (κ2) is 6.01. The number of thiophene rings is 1. The van der Waals surface area contributed by atoms with Gasteiger partial charge in [0.05, 0.1) is 17.1 Å². The van der Waals surface area contributed by atoms with Crippen LogP contribution in [0.15, 0.2) is 10.3 Å². The van der Waals surface area contributed by atoms with Crippen molar-refractivity contribution in [1.29, 1.82) is 0 Å². The predicted molar refractivity (Wildman–Crippen MR) is 71.3 cm³/mol. The minimum atomic E-state index is -0.661. The average Bonchev–Trinajstić information content (AvgIpc) is 2.95. The summed E-state index contributed by atoms with van der Waals surface area (Å²) in [6.07, 6.45) is 1.63. The van der Waals surface area contributed by atoms with Crippen molar-refractivity contribution in [2.75, 3.05) is 12.4 Å². The summed E-state index contributed by atoms with van der Waals surface area (Å²) < 4.78 is 6.15. The fraction of sp³-hybridized carbons (Fsp3) is 0.636. The third-order valence-electron chi connectivity index (χ3n) is 2.73. The average molecular weight is 289 g/mol. The second-order valence-electron chi connectivity index (χ2n) is 4.20. The van der Waals surface area contributed by atoms with Crippen LogP contribution in [0.3, 0.4) is 0 Å². The number of hydrogen-bond donors (Lipinski definition) is 1. The molecule has 1 aromatic heterocycles. The Hall–Kier alpha value is -0.630. The number of nitrogens with zero attached hydrogens (tertiary/aromatic N) is 1. The molecule has 2 rings (SSSR count). The molecule has 0 aromatic carbocycles. The van der Waals surface area contributed by atoms with E-state index in [0.29, 0.717) is 9.09 Å². The van der Waals surface area contributed by atoms with Crippen molar-refractivity contribution in [2.45, 2.75) is 36.2 Å². The molecule has 5 nitrogen and oxygen atoms in total. The Morgan fingerprint density at radius 2 is 2.56 bits per heavy atom. The van der Waals surface area contributed by atoms with Crippen LogP contribution < -0.4 is 0 Å². The molecule has 1 N–H and O–H groups in total. The van der Waals surface area contributed by atoms with Crippen LogP contribution >= 0.6 is 23.1 Å². The fourth-order valence-corrected chi connectivity index (χ4v) is 4.17. The van der Waals surface area contributed by atoms with E-state index in [1.165, 1.54) is 29.2 Å². The highest BCUT2D eigenvalue weighted by molar-refractivity contribution is 8.01. The van der Waals surface area contributed by atoms with Crippen molar-refractivity contribution in [3.8, 4) is 0 Å². The van der Waals surface area contributed by atoms with E-state index in [2.05, 4.69) is 0 Å². The summed E-state index contributed by atoms with van der Waals surface area (Å²) in [5, 5.41) is 20.4. The zero-order valence-electron chi connectivity index (χ0n) is 10.00. The number of aliphatic hydroxyl groups is 1. The normalized spacial score (nSPS) is 21.1. The van der Waals surface area contributed by atoms with Crippen LogP contribution in [0.1, 0.15) is 30.7 Å². The molecule has 0 amide bonds. The molecule has 0 bridgehead atoms. The standard InChI is InChI=1S/C11H15NO4S2/c1-7(13)10-5-9(12(14)15)11(18-10)17-6-8-3-2-4-16-8/h5,7-8,13H,2-4,6H2,1H3/t7-,8?/m1/s1. The van der Waals surface area contributed by atoms with Gasteiger partial charge in [-0.2, -0.15) is 0 Å². The second-order valence-corrected chi connectivity index (χ2v) is 6.57. The molecule has 1 aliphatic heterocycles. The third kappa shape index (κ3) is 3.23. The molecule has 1 fully saturated rings. The summed E-state index contributed by atoms with van der Waals surface area (Å²) in [6.45, 7) is 2.40. The van der Waals surface area contributed by atoms with E-state index in [-0.39, 0.29) is 16.7 Å². The molecule has 1 unspecified atom stereocenters. The van der Waals surface area contributed by atoms with Crippen molar-refractivity contribution in [1.82, 2.24) is 0 Å². The number of thioether (sulfide) groups is 1. The molecule has 0 radical (unpaired) electrons. The third-order valence-corrected chi connectivity index (χ3v) is 5.43. The molecule has 2 atom stereocenters. The van der Waals surface area contributed by atoms with E-state index >= 15 is 0 Å². The van der Waals surface area contributed by atoms with Gasteiger partial charge < -0.3 is 9.84 Å². The first-order chi connectivity index (χ1) is 8.58. The molecule has 0 aliphatic carbocycles. The molecule has 1 saturated heterocycles. The van der Waals surface area contributed by atoms with Gasteiger partial charge in [-0.15, -0.1) is 23.1 Å². The Morgan fingerprint density at radius 3 is 3.11 bits per heavy atom. The summed E-state index contributed by atoms with van der Waals surface area (Å²) in [7, 11) is 0. The van der Waals surface area contributed by atoms with Gasteiger partial charge in [-0.3, -0.25) is 10.1 Å². The Morgan fingerprint density at radius 1 is 1.78 bits per heavy atom. The van der Waals surface area contributed by atoms with Crippen molar-refractivity contribution in [3.05, 3.63) is 21.1 Å². The van der Waals surface area contributed by atoms with Crippen LogP contribution in [0.5, 0.6) is 0 Å². The van der Waals surface area contributed by atoms with Gasteiger partial charge in [-0.1, -0.05) is 0 Å². The predicted octanol–water partition coefficient (Wildman–Crippen LogP) is 2.98. The summed E-state index contributed by atoms with van der Waals surface area (Å²) in [5.41, 5.74) is 0.0962. The van der Waals surface area contributed by atoms with Crippen LogP contribution in [-0.4, -0.2) is 28.5 Å². The van der Waals surface area contributed by atoms with Gasteiger partial charge in [0.2, 0.25) is 0 Å². The topological polar surface area (TPSA) is 72.6 Å². The van der Waals surface area contributed by atoms with E-state index in [0.717, 1.165) is 25.2 Å².